The summed E-state index contributed by atoms with van der Waals surface area (Å²) in [6, 6.07) is 6.17. The quantitative estimate of drug-likeness (QED) is 0.567. The monoisotopic (exact) mass is 418 g/mol. The van der Waals surface area contributed by atoms with E-state index >= 15 is 0 Å². The lowest BCUT2D eigenvalue weighted by Gasteiger charge is -2.18. The molecule has 0 saturated heterocycles. The summed E-state index contributed by atoms with van der Waals surface area (Å²) in [4.78, 5) is 15.4. The summed E-state index contributed by atoms with van der Waals surface area (Å²) < 4.78 is 3.29. The van der Waals surface area contributed by atoms with Crippen LogP contribution in [-0.4, -0.2) is 26.4 Å². The lowest BCUT2D eigenvalue weighted by molar-refractivity contribution is -0.133. The van der Waals surface area contributed by atoms with Crippen molar-refractivity contribution in [1.82, 2.24) is 9.55 Å². The third-order valence-electron chi connectivity index (χ3n) is 3.61. The number of carboxylic acid groups (broad SMARTS) is 1. The Balaban J connectivity index is 2.41. The third kappa shape index (κ3) is 4.12. The average Bonchev–Trinajstić information content (AvgIpc) is 2.73. The maximum absolute atomic E-state index is 10.8. The molecule has 1 unspecified atom stereocenters. The van der Waals surface area contributed by atoms with Crippen LogP contribution in [0.3, 0.4) is 0 Å². The Morgan fingerprint density at radius 2 is 2.14 bits per heavy atom. The maximum atomic E-state index is 10.8. The van der Waals surface area contributed by atoms with Crippen LogP contribution in [0.15, 0.2) is 23.4 Å². The smallest absolute Gasteiger partial charge is 0.313 e. The van der Waals surface area contributed by atoms with Gasteiger partial charge in [0, 0.05) is 10.1 Å². The van der Waals surface area contributed by atoms with E-state index in [2.05, 4.69) is 65.0 Å². The molecule has 0 aliphatic rings. The van der Waals surface area contributed by atoms with E-state index in [4.69, 9.17) is 5.11 Å². The number of hydrogen-bond acceptors (Lipinski definition) is 3. The van der Waals surface area contributed by atoms with Crippen molar-refractivity contribution in [3.63, 3.8) is 0 Å². The Bertz CT molecular complexity index is 654. The first kappa shape index (κ1) is 16.6. The molecule has 6 heteroatoms. The highest BCUT2D eigenvalue weighted by atomic mass is 127. The second-order valence-electron chi connectivity index (χ2n) is 5.54. The number of imidazole rings is 1. The minimum atomic E-state index is -0.815. The van der Waals surface area contributed by atoms with Crippen molar-refractivity contribution in [3.05, 3.63) is 21.8 Å². The molecule has 0 aliphatic carbocycles. The molecule has 114 valence electrons. The summed E-state index contributed by atoms with van der Waals surface area (Å²) in [6.45, 7) is 7.49. The van der Waals surface area contributed by atoms with Gasteiger partial charge < -0.3 is 9.67 Å². The molecule has 1 atom stereocenters. The van der Waals surface area contributed by atoms with Crippen LogP contribution in [0.25, 0.3) is 11.0 Å². The molecule has 0 aliphatic heterocycles. The van der Waals surface area contributed by atoms with Crippen LogP contribution >= 0.6 is 34.4 Å². The predicted octanol–water partition coefficient (Wildman–Crippen LogP) is 4.11. The number of nitrogens with zero attached hydrogens (tertiary/aromatic N) is 2. The number of benzene rings is 1. The number of aliphatic carboxylic acids is 1. The van der Waals surface area contributed by atoms with Gasteiger partial charge in [-0.25, -0.2) is 4.98 Å². The Hall–Kier alpha value is -0.760. The van der Waals surface area contributed by atoms with E-state index in [1.165, 1.54) is 11.8 Å². The van der Waals surface area contributed by atoms with Gasteiger partial charge in [0.1, 0.15) is 0 Å². The molecule has 0 fully saturated rings. The van der Waals surface area contributed by atoms with Gasteiger partial charge in [-0.15, -0.1) is 0 Å². The van der Waals surface area contributed by atoms with Crippen LogP contribution in [0.5, 0.6) is 0 Å². The molecule has 0 spiro atoms. The fourth-order valence-electron chi connectivity index (χ4n) is 1.99. The van der Waals surface area contributed by atoms with Crippen LogP contribution in [0.2, 0.25) is 0 Å². The SMILES string of the molecule is CC(C)C(C)Cn1c(SCC(=O)O)nc2cc(I)ccc21. The minimum absolute atomic E-state index is 0.0382. The first-order valence-electron chi connectivity index (χ1n) is 6.89. The molecule has 2 rings (SSSR count). The number of halogens is 1. The van der Waals surface area contributed by atoms with E-state index in [-0.39, 0.29) is 5.75 Å². The molecule has 1 heterocycles. The zero-order valence-corrected chi connectivity index (χ0v) is 15.3. The topological polar surface area (TPSA) is 55.1 Å². The molecule has 1 N–H and O–H groups in total. The summed E-state index contributed by atoms with van der Waals surface area (Å²) in [5.41, 5.74) is 2.02. The van der Waals surface area contributed by atoms with Gasteiger partial charge in [0.25, 0.3) is 0 Å². The van der Waals surface area contributed by atoms with Gasteiger partial charge in [-0.3, -0.25) is 4.79 Å². The lowest BCUT2D eigenvalue weighted by Crippen LogP contribution is -2.14. The Kier molecular flexibility index (Phi) is 5.54. The molecule has 0 saturated carbocycles. The van der Waals surface area contributed by atoms with Crippen LogP contribution < -0.4 is 0 Å². The number of rotatable bonds is 6. The lowest BCUT2D eigenvalue weighted by atomic mass is 9.98. The standard InChI is InChI=1S/C15H19IN2O2S/c1-9(2)10(3)7-18-13-5-4-11(16)6-12(13)17-15(18)21-8-14(19)20/h4-6,9-10H,7-8H2,1-3H3,(H,19,20). The van der Waals surface area contributed by atoms with Crippen molar-refractivity contribution in [2.75, 3.05) is 5.75 Å². The molecule has 0 amide bonds. The predicted molar refractivity (Wildman–Crippen MR) is 94.8 cm³/mol. The number of thioether (sulfide) groups is 1. The van der Waals surface area contributed by atoms with E-state index in [9.17, 15) is 4.79 Å². The first-order valence-corrected chi connectivity index (χ1v) is 8.95. The zero-order chi connectivity index (χ0) is 15.6. The van der Waals surface area contributed by atoms with Crippen LogP contribution in [0.1, 0.15) is 20.8 Å². The van der Waals surface area contributed by atoms with Crippen molar-refractivity contribution in [2.24, 2.45) is 11.8 Å². The van der Waals surface area contributed by atoms with Gasteiger partial charge in [-0.1, -0.05) is 32.5 Å². The fraction of sp³-hybridized carbons (Fsp3) is 0.467. The summed E-state index contributed by atoms with van der Waals surface area (Å²) in [5.74, 6) is 0.302. The highest BCUT2D eigenvalue weighted by Crippen LogP contribution is 2.27. The molecular weight excluding hydrogens is 399 g/mol. The van der Waals surface area contributed by atoms with Crippen molar-refractivity contribution in [2.45, 2.75) is 32.5 Å². The van der Waals surface area contributed by atoms with Crippen molar-refractivity contribution >= 4 is 51.4 Å². The summed E-state index contributed by atoms with van der Waals surface area (Å²) in [5, 5.41) is 9.69. The van der Waals surface area contributed by atoms with E-state index in [0.717, 1.165) is 26.3 Å². The van der Waals surface area contributed by atoms with Crippen molar-refractivity contribution in [1.29, 1.82) is 0 Å². The number of carbonyl (C=O) groups is 1. The van der Waals surface area contributed by atoms with E-state index in [0.29, 0.717) is 11.8 Å². The molecule has 2 aromatic rings. The second-order valence-corrected chi connectivity index (χ2v) is 7.73. The normalized spacial score (nSPS) is 13.0. The Labute approximate surface area is 142 Å². The van der Waals surface area contributed by atoms with Gasteiger partial charge in [0.2, 0.25) is 0 Å². The van der Waals surface area contributed by atoms with Gasteiger partial charge in [0.05, 0.1) is 16.8 Å². The second kappa shape index (κ2) is 7.00. The molecule has 1 aromatic carbocycles. The highest BCUT2D eigenvalue weighted by Gasteiger charge is 2.16. The van der Waals surface area contributed by atoms with Crippen molar-refractivity contribution < 1.29 is 9.90 Å². The largest absolute Gasteiger partial charge is 0.481 e. The molecule has 21 heavy (non-hydrogen) atoms. The molecular formula is C15H19IN2O2S. The third-order valence-corrected chi connectivity index (χ3v) is 5.24. The zero-order valence-electron chi connectivity index (χ0n) is 12.3. The number of carboxylic acids is 1. The molecule has 4 nitrogen and oxygen atoms in total. The van der Waals surface area contributed by atoms with Gasteiger partial charge in [0.15, 0.2) is 5.16 Å². The van der Waals surface area contributed by atoms with E-state index < -0.39 is 5.97 Å². The number of hydrogen-bond donors (Lipinski definition) is 1. The number of fused-ring (bicyclic) bond motifs is 1. The van der Waals surface area contributed by atoms with Crippen LogP contribution in [-0.2, 0) is 11.3 Å². The van der Waals surface area contributed by atoms with E-state index in [1.54, 1.807) is 0 Å². The maximum Gasteiger partial charge on any atom is 0.313 e. The fourth-order valence-corrected chi connectivity index (χ4v) is 3.21. The first-order chi connectivity index (χ1) is 9.88. The summed E-state index contributed by atoms with van der Waals surface area (Å²) >= 11 is 3.56. The van der Waals surface area contributed by atoms with Crippen LogP contribution in [0, 0.1) is 15.4 Å². The Morgan fingerprint density at radius 1 is 1.43 bits per heavy atom. The molecule has 0 bridgehead atoms. The van der Waals surface area contributed by atoms with E-state index in [1.807, 2.05) is 6.07 Å². The van der Waals surface area contributed by atoms with Gasteiger partial charge >= 0.3 is 5.97 Å². The minimum Gasteiger partial charge on any atom is -0.481 e. The van der Waals surface area contributed by atoms with Crippen molar-refractivity contribution in [3.8, 4) is 0 Å². The molecule has 0 radical (unpaired) electrons. The highest BCUT2D eigenvalue weighted by molar-refractivity contribution is 14.1. The van der Waals surface area contributed by atoms with Gasteiger partial charge in [-0.05, 0) is 52.6 Å². The summed E-state index contributed by atoms with van der Waals surface area (Å²) in [6.07, 6.45) is 0. The summed E-state index contributed by atoms with van der Waals surface area (Å²) in [7, 11) is 0. The molecule has 1 aromatic heterocycles. The Morgan fingerprint density at radius 3 is 2.76 bits per heavy atom. The van der Waals surface area contributed by atoms with Crippen LogP contribution in [0.4, 0.5) is 0 Å². The number of aromatic nitrogens is 2. The average molecular weight is 418 g/mol. The van der Waals surface area contributed by atoms with Gasteiger partial charge in [-0.2, -0.15) is 0 Å².